The summed E-state index contributed by atoms with van der Waals surface area (Å²) < 4.78 is 48.2. The Morgan fingerprint density at radius 1 is 1.26 bits per heavy atom. The van der Waals surface area contributed by atoms with Gasteiger partial charge in [0, 0.05) is 22.1 Å². The number of anilines is 1. The molecule has 10 heteroatoms. The summed E-state index contributed by atoms with van der Waals surface area (Å²) in [5.74, 6) is 0.422. The van der Waals surface area contributed by atoms with Gasteiger partial charge in [-0.1, -0.05) is 0 Å². The average Bonchev–Trinajstić information content (AvgIpc) is 3.44. The number of alkyl halides is 1. The number of aryl methyl sites for hydroxylation is 4. The molecule has 0 saturated heterocycles. The van der Waals surface area contributed by atoms with Crippen molar-refractivity contribution in [3.8, 4) is 5.75 Å². The lowest BCUT2D eigenvalue weighted by molar-refractivity contribution is 0.305. The predicted octanol–water partition coefficient (Wildman–Crippen LogP) is 4.84. The molecule has 2 aromatic heterocycles. The maximum Gasteiger partial charge on any atom is 0.291 e. The Kier molecular flexibility index (Phi) is 6.32. The maximum atomic E-state index is 14.2. The Balaban J connectivity index is 1.77. The number of hydrogen-bond acceptors (Lipinski definition) is 7. The highest BCUT2D eigenvalue weighted by molar-refractivity contribution is 7.94. The van der Waals surface area contributed by atoms with Gasteiger partial charge in [0.2, 0.25) is 4.34 Å². The summed E-state index contributed by atoms with van der Waals surface area (Å²) in [5.41, 5.74) is 3.19. The second kappa shape index (κ2) is 8.84. The van der Waals surface area contributed by atoms with Crippen molar-refractivity contribution in [3.63, 3.8) is 0 Å². The third kappa shape index (κ3) is 4.75. The number of nitrogens with zero attached hydrogens (tertiary/aromatic N) is 3. The first kappa shape index (κ1) is 22.2. The van der Waals surface area contributed by atoms with Gasteiger partial charge in [0.15, 0.2) is 0 Å². The van der Waals surface area contributed by atoms with Crippen molar-refractivity contribution in [1.29, 1.82) is 0 Å². The van der Waals surface area contributed by atoms with E-state index in [9.17, 15) is 12.8 Å². The molecule has 4 rings (SSSR count). The number of benzene rings is 1. The van der Waals surface area contributed by atoms with Crippen LogP contribution < -0.4 is 9.04 Å². The molecule has 1 aliphatic rings. The van der Waals surface area contributed by atoms with Crippen LogP contribution in [0.15, 0.2) is 28.0 Å². The number of rotatable bonds is 8. The summed E-state index contributed by atoms with van der Waals surface area (Å²) in [4.78, 5) is 9.54. The van der Waals surface area contributed by atoms with Crippen molar-refractivity contribution in [2.45, 2.75) is 57.2 Å². The van der Waals surface area contributed by atoms with E-state index in [-0.39, 0.29) is 17.5 Å². The van der Waals surface area contributed by atoms with E-state index >= 15 is 0 Å². The summed E-state index contributed by atoms with van der Waals surface area (Å²) in [7, 11) is -4.04. The second-order valence-electron chi connectivity index (χ2n) is 7.67. The van der Waals surface area contributed by atoms with Gasteiger partial charge in [0.25, 0.3) is 10.0 Å². The maximum absolute atomic E-state index is 14.2. The topological polar surface area (TPSA) is 72.4 Å². The molecule has 0 saturated carbocycles. The van der Waals surface area contributed by atoms with Crippen LogP contribution in [-0.4, -0.2) is 31.1 Å². The minimum absolute atomic E-state index is 0.0485. The van der Waals surface area contributed by atoms with E-state index in [2.05, 4.69) is 9.97 Å². The lowest BCUT2D eigenvalue weighted by Gasteiger charge is -2.26. The van der Waals surface area contributed by atoms with Crippen molar-refractivity contribution in [2.75, 3.05) is 10.8 Å². The molecule has 0 radical (unpaired) electrons. The van der Waals surface area contributed by atoms with Crippen LogP contribution in [0.1, 0.15) is 40.1 Å². The Labute approximate surface area is 189 Å². The van der Waals surface area contributed by atoms with Gasteiger partial charge in [0.05, 0.1) is 12.2 Å². The third-order valence-electron chi connectivity index (χ3n) is 4.99. The second-order valence-corrected chi connectivity index (χ2v) is 11.9. The molecule has 1 aliphatic carbocycles. The van der Waals surface area contributed by atoms with E-state index in [0.29, 0.717) is 17.1 Å². The summed E-state index contributed by atoms with van der Waals surface area (Å²) >= 11 is 2.56. The lowest BCUT2D eigenvalue weighted by atomic mass is 10.1. The molecule has 1 atom stereocenters. The van der Waals surface area contributed by atoms with Crippen molar-refractivity contribution < 1.29 is 17.5 Å². The smallest absolute Gasteiger partial charge is 0.291 e. The first-order valence-corrected chi connectivity index (χ1v) is 13.2. The lowest BCUT2D eigenvalue weighted by Crippen LogP contribution is -2.36. The largest absolute Gasteiger partial charge is 0.484 e. The molecular weight excluding hydrogens is 457 g/mol. The fourth-order valence-electron chi connectivity index (χ4n) is 3.61. The van der Waals surface area contributed by atoms with E-state index in [4.69, 9.17) is 4.74 Å². The highest BCUT2D eigenvalue weighted by Crippen LogP contribution is 2.39. The molecule has 31 heavy (non-hydrogen) atoms. The summed E-state index contributed by atoms with van der Waals surface area (Å²) in [6.45, 7) is 4.96. The number of aromatic nitrogens is 2. The Bertz CT molecular complexity index is 1190. The molecule has 0 amide bonds. The zero-order valence-electron chi connectivity index (χ0n) is 17.6. The van der Waals surface area contributed by atoms with E-state index in [0.717, 1.165) is 55.9 Å². The number of sulfonamides is 1. The fourth-order valence-corrected chi connectivity index (χ4v) is 6.98. The number of thiazole rings is 2. The van der Waals surface area contributed by atoms with Crippen LogP contribution in [0.25, 0.3) is 0 Å². The van der Waals surface area contributed by atoms with Crippen LogP contribution in [0.3, 0.4) is 0 Å². The van der Waals surface area contributed by atoms with E-state index in [1.54, 1.807) is 18.5 Å². The van der Waals surface area contributed by atoms with Gasteiger partial charge in [-0.3, -0.25) is 4.31 Å². The van der Waals surface area contributed by atoms with Crippen LogP contribution in [-0.2, 0) is 29.5 Å². The first-order valence-electron chi connectivity index (χ1n) is 10.0. The third-order valence-corrected chi connectivity index (χ3v) is 9.01. The molecule has 0 aliphatic heterocycles. The summed E-state index contributed by atoms with van der Waals surface area (Å²) in [6, 6.07) is 3.74. The Morgan fingerprint density at radius 2 is 2.00 bits per heavy atom. The van der Waals surface area contributed by atoms with Gasteiger partial charge in [-0.25, -0.2) is 14.4 Å². The zero-order valence-corrected chi connectivity index (χ0v) is 20.0. The number of halogens is 1. The summed E-state index contributed by atoms with van der Waals surface area (Å²) in [5, 5.41) is 2.47. The Hall–Kier alpha value is -2.04. The minimum atomic E-state index is -4.04. The number of hydrogen-bond donors (Lipinski definition) is 0. The van der Waals surface area contributed by atoms with Crippen LogP contribution in [0.4, 0.5) is 10.1 Å². The molecular formula is C21H24FN3O3S3. The molecule has 2 heterocycles. The van der Waals surface area contributed by atoms with Gasteiger partial charge in [-0.2, -0.15) is 8.42 Å². The van der Waals surface area contributed by atoms with Gasteiger partial charge < -0.3 is 4.74 Å². The zero-order chi connectivity index (χ0) is 22.2. The Morgan fingerprint density at radius 3 is 2.61 bits per heavy atom. The van der Waals surface area contributed by atoms with Gasteiger partial charge in [-0.05, 0) is 63.3 Å². The van der Waals surface area contributed by atoms with E-state index in [1.165, 1.54) is 18.3 Å². The molecule has 6 nitrogen and oxygen atoms in total. The van der Waals surface area contributed by atoms with Gasteiger partial charge in [-0.15, -0.1) is 22.7 Å². The van der Waals surface area contributed by atoms with Crippen LogP contribution in [0.2, 0.25) is 0 Å². The average molecular weight is 482 g/mol. The molecule has 0 unspecified atom stereocenters. The van der Waals surface area contributed by atoms with Crippen molar-refractivity contribution in [3.05, 3.63) is 50.4 Å². The van der Waals surface area contributed by atoms with E-state index in [1.807, 2.05) is 19.1 Å². The highest BCUT2D eigenvalue weighted by Gasteiger charge is 2.32. The molecule has 1 aromatic carbocycles. The SMILES string of the molecule is Cc1csc(S(=O)(=O)N(C[C@H](C)F)c2cc3c(cc2OCc2ncc(C)s2)CCC3)n1. The van der Waals surface area contributed by atoms with Crippen molar-refractivity contribution in [1.82, 2.24) is 9.97 Å². The standard InChI is InChI=1S/C21H24FN3O3S3/c1-13(22)10-25(31(26,27)21-24-14(2)12-29-21)18-7-16-5-4-6-17(16)8-19(18)28-11-20-23-9-15(3)30-20/h7-9,12-13H,4-6,10-11H2,1-3H3/t13-/m0/s1. The summed E-state index contributed by atoms with van der Waals surface area (Å²) in [6.07, 6.45) is 3.20. The normalized spacial score (nSPS) is 14.5. The van der Waals surface area contributed by atoms with Gasteiger partial charge >= 0.3 is 0 Å². The molecule has 166 valence electrons. The quantitative estimate of drug-likeness (QED) is 0.460. The van der Waals surface area contributed by atoms with Crippen molar-refractivity contribution in [2.24, 2.45) is 0 Å². The highest BCUT2D eigenvalue weighted by atomic mass is 32.2. The number of ether oxygens (including phenoxy) is 1. The molecule has 3 aromatic rings. The molecule has 0 spiro atoms. The van der Waals surface area contributed by atoms with Crippen LogP contribution in [0, 0.1) is 13.8 Å². The molecule has 0 fully saturated rings. The fraction of sp³-hybridized carbons (Fsp3) is 0.429. The van der Waals surface area contributed by atoms with Crippen LogP contribution in [0.5, 0.6) is 5.75 Å². The predicted molar refractivity (Wildman–Crippen MR) is 122 cm³/mol. The number of fused-ring (bicyclic) bond motifs is 1. The first-order chi connectivity index (χ1) is 14.7. The van der Waals surface area contributed by atoms with Crippen LogP contribution >= 0.6 is 22.7 Å². The molecule has 0 bridgehead atoms. The minimum Gasteiger partial charge on any atom is -0.484 e. The van der Waals surface area contributed by atoms with Gasteiger partial charge in [0.1, 0.15) is 23.5 Å². The van der Waals surface area contributed by atoms with Crippen molar-refractivity contribution >= 4 is 38.4 Å². The monoisotopic (exact) mass is 481 g/mol. The van der Waals surface area contributed by atoms with E-state index < -0.39 is 16.2 Å². The molecule has 0 N–H and O–H groups in total.